The molecule has 1 aromatic carbocycles. The van der Waals surface area contributed by atoms with Gasteiger partial charge in [-0.1, -0.05) is 32.0 Å². The van der Waals surface area contributed by atoms with Crippen molar-refractivity contribution in [1.82, 2.24) is 0 Å². The zero-order valence-corrected chi connectivity index (χ0v) is 9.90. The van der Waals surface area contributed by atoms with E-state index in [0.717, 1.165) is 17.8 Å². The van der Waals surface area contributed by atoms with Gasteiger partial charge in [0.05, 0.1) is 0 Å². The van der Waals surface area contributed by atoms with Crippen LogP contribution >= 0.6 is 0 Å². The first-order valence-corrected chi connectivity index (χ1v) is 5.59. The Balaban J connectivity index is 2.59. The Morgan fingerprint density at radius 3 is 2.62 bits per heavy atom. The summed E-state index contributed by atoms with van der Waals surface area (Å²) in [6.45, 7) is 6.71. The van der Waals surface area contributed by atoms with Gasteiger partial charge in [0.1, 0.15) is 6.04 Å². The second-order valence-electron chi connectivity index (χ2n) is 4.77. The van der Waals surface area contributed by atoms with Gasteiger partial charge in [-0.3, -0.25) is 0 Å². The Kier molecular flexibility index (Phi) is 2.41. The maximum Gasteiger partial charge on any atom is 0.327 e. The molecule has 3 heteroatoms. The maximum absolute atomic E-state index is 11.4. The fraction of sp³-hybridized carbons (Fsp3) is 0.462. The first-order valence-electron chi connectivity index (χ1n) is 5.59. The van der Waals surface area contributed by atoms with Gasteiger partial charge in [0.15, 0.2) is 0 Å². The summed E-state index contributed by atoms with van der Waals surface area (Å²) in [5.74, 6) is -0.747. The van der Waals surface area contributed by atoms with Crippen molar-refractivity contribution in [2.75, 3.05) is 11.4 Å². The summed E-state index contributed by atoms with van der Waals surface area (Å²) in [6.07, 6.45) is 0. The van der Waals surface area contributed by atoms with Crippen molar-refractivity contribution in [2.45, 2.75) is 32.2 Å². The Bertz CT molecular complexity index is 426. The number of hydrogen-bond acceptors (Lipinski definition) is 2. The van der Waals surface area contributed by atoms with Crippen molar-refractivity contribution >= 4 is 11.7 Å². The Morgan fingerprint density at radius 2 is 2.06 bits per heavy atom. The highest BCUT2D eigenvalue weighted by Crippen LogP contribution is 2.44. The number of rotatable bonds is 2. The molecular formula is C13H17NO2. The molecule has 1 aliphatic rings. The summed E-state index contributed by atoms with van der Waals surface area (Å²) in [7, 11) is 0. The van der Waals surface area contributed by atoms with E-state index in [1.165, 1.54) is 0 Å². The maximum atomic E-state index is 11.4. The molecule has 0 radical (unpaired) electrons. The molecule has 0 aliphatic carbocycles. The van der Waals surface area contributed by atoms with E-state index in [1.54, 1.807) is 0 Å². The third-order valence-corrected chi connectivity index (χ3v) is 3.48. The van der Waals surface area contributed by atoms with Crippen LogP contribution in [0.25, 0.3) is 0 Å². The van der Waals surface area contributed by atoms with Gasteiger partial charge >= 0.3 is 5.97 Å². The summed E-state index contributed by atoms with van der Waals surface area (Å²) >= 11 is 0. The molecule has 1 heterocycles. The molecule has 1 unspecified atom stereocenters. The van der Waals surface area contributed by atoms with Gasteiger partial charge in [0, 0.05) is 17.6 Å². The number of carbonyl (C=O) groups is 1. The lowest BCUT2D eigenvalue weighted by Gasteiger charge is -2.30. The number of hydrogen-bond donors (Lipinski definition) is 1. The molecule has 0 saturated carbocycles. The van der Waals surface area contributed by atoms with Crippen molar-refractivity contribution in [3.63, 3.8) is 0 Å². The number of likely N-dealkylation sites (N-methyl/N-ethyl adjacent to an activating group) is 1. The van der Waals surface area contributed by atoms with Crippen LogP contribution in [0, 0.1) is 0 Å². The topological polar surface area (TPSA) is 40.5 Å². The van der Waals surface area contributed by atoms with E-state index in [4.69, 9.17) is 0 Å². The van der Waals surface area contributed by atoms with Crippen LogP contribution in [0.2, 0.25) is 0 Å². The monoisotopic (exact) mass is 219 g/mol. The van der Waals surface area contributed by atoms with Gasteiger partial charge in [-0.25, -0.2) is 4.79 Å². The quantitative estimate of drug-likeness (QED) is 0.829. The number of aliphatic carboxylic acids is 1. The average molecular weight is 219 g/mol. The fourth-order valence-electron chi connectivity index (χ4n) is 2.74. The van der Waals surface area contributed by atoms with E-state index >= 15 is 0 Å². The minimum Gasteiger partial charge on any atom is -0.480 e. The number of carboxylic acid groups (broad SMARTS) is 1. The highest BCUT2D eigenvalue weighted by atomic mass is 16.4. The molecule has 1 atom stereocenters. The number of para-hydroxylation sites is 1. The van der Waals surface area contributed by atoms with Gasteiger partial charge < -0.3 is 10.0 Å². The lowest BCUT2D eigenvalue weighted by molar-refractivity contribution is -0.139. The van der Waals surface area contributed by atoms with E-state index in [-0.39, 0.29) is 5.41 Å². The first-order chi connectivity index (χ1) is 7.50. The number of benzene rings is 1. The lowest BCUT2D eigenvalue weighted by Crippen LogP contribution is -2.47. The van der Waals surface area contributed by atoms with Crippen molar-refractivity contribution in [1.29, 1.82) is 0 Å². The lowest BCUT2D eigenvalue weighted by atomic mass is 9.80. The summed E-state index contributed by atoms with van der Waals surface area (Å²) in [5, 5.41) is 9.38. The van der Waals surface area contributed by atoms with Gasteiger partial charge in [0.25, 0.3) is 0 Å². The molecule has 0 saturated heterocycles. The second-order valence-corrected chi connectivity index (χ2v) is 4.77. The van der Waals surface area contributed by atoms with E-state index in [1.807, 2.05) is 49.9 Å². The van der Waals surface area contributed by atoms with Crippen molar-refractivity contribution in [3.8, 4) is 0 Å². The molecule has 0 spiro atoms. The molecular weight excluding hydrogens is 202 g/mol. The van der Waals surface area contributed by atoms with E-state index in [2.05, 4.69) is 0 Å². The van der Waals surface area contributed by atoms with Crippen LogP contribution < -0.4 is 4.90 Å². The van der Waals surface area contributed by atoms with Crippen LogP contribution in [-0.4, -0.2) is 23.7 Å². The molecule has 0 amide bonds. The highest BCUT2D eigenvalue weighted by molar-refractivity contribution is 5.85. The largest absolute Gasteiger partial charge is 0.480 e. The van der Waals surface area contributed by atoms with Crippen LogP contribution in [0.4, 0.5) is 5.69 Å². The number of anilines is 1. The summed E-state index contributed by atoms with van der Waals surface area (Å²) < 4.78 is 0. The first kappa shape index (κ1) is 11.0. The average Bonchev–Trinajstić information content (AvgIpc) is 2.47. The van der Waals surface area contributed by atoms with Crippen LogP contribution in [0.5, 0.6) is 0 Å². The van der Waals surface area contributed by atoms with E-state index in [9.17, 15) is 9.90 Å². The van der Waals surface area contributed by atoms with E-state index in [0.29, 0.717) is 0 Å². The predicted octanol–water partition coefficient (Wildman–Crippen LogP) is 2.26. The highest BCUT2D eigenvalue weighted by Gasteiger charge is 2.47. The Hall–Kier alpha value is -1.51. The Labute approximate surface area is 95.7 Å². The van der Waals surface area contributed by atoms with Gasteiger partial charge in [-0.15, -0.1) is 0 Å². The molecule has 1 aliphatic heterocycles. The molecule has 2 rings (SSSR count). The van der Waals surface area contributed by atoms with Gasteiger partial charge in [0.2, 0.25) is 0 Å². The molecule has 0 fully saturated rings. The SMILES string of the molecule is CCN1c2ccccc2C(C)(C)C1C(=O)O. The summed E-state index contributed by atoms with van der Waals surface area (Å²) in [4.78, 5) is 13.4. The zero-order valence-electron chi connectivity index (χ0n) is 9.90. The number of fused-ring (bicyclic) bond motifs is 1. The number of carboxylic acids is 1. The molecule has 3 nitrogen and oxygen atoms in total. The van der Waals surface area contributed by atoms with Crippen LogP contribution in [-0.2, 0) is 10.2 Å². The van der Waals surface area contributed by atoms with Crippen LogP contribution in [0.15, 0.2) is 24.3 Å². The van der Waals surface area contributed by atoms with E-state index < -0.39 is 12.0 Å². The smallest absolute Gasteiger partial charge is 0.327 e. The van der Waals surface area contributed by atoms with Gasteiger partial charge in [-0.05, 0) is 18.6 Å². The van der Waals surface area contributed by atoms with Crippen LogP contribution in [0.1, 0.15) is 26.3 Å². The summed E-state index contributed by atoms with van der Waals surface area (Å²) in [6, 6.07) is 7.50. The molecule has 1 aromatic rings. The minimum absolute atomic E-state index is 0.335. The molecule has 16 heavy (non-hydrogen) atoms. The number of nitrogens with zero attached hydrogens (tertiary/aromatic N) is 1. The molecule has 0 aromatic heterocycles. The zero-order chi connectivity index (χ0) is 11.9. The third kappa shape index (κ3) is 1.31. The molecule has 0 bridgehead atoms. The molecule has 1 N–H and O–H groups in total. The fourth-order valence-corrected chi connectivity index (χ4v) is 2.74. The normalized spacial score (nSPS) is 21.9. The predicted molar refractivity (Wildman–Crippen MR) is 63.9 cm³/mol. The minimum atomic E-state index is -0.747. The van der Waals surface area contributed by atoms with Crippen molar-refractivity contribution in [2.24, 2.45) is 0 Å². The Morgan fingerprint density at radius 1 is 1.44 bits per heavy atom. The molecule has 86 valence electrons. The third-order valence-electron chi connectivity index (χ3n) is 3.48. The summed E-state index contributed by atoms with van der Waals surface area (Å²) in [5.41, 5.74) is 1.85. The van der Waals surface area contributed by atoms with Crippen molar-refractivity contribution < 1.29 is 9.90 Å². The second kappa shape index (κ2) is 3.51. The van der Waals surface area contributed by atoms with Crippen LogP contribution in [0.3, 0.4) is 0 Å². The van der Waals surface area contributed by atoms with Gasteiger partial charge in [-0.2, -0.15) is 0 Å². The van der Waals surface area contributed by atoms with Crippen molar-refractivity contribution in [3.05, 3.63) is 29.8 Å². The standard InChI is InChI=1S/C13H17NO2/c1-4-14-10-8-6-5-7-9(10)13(2,3)11(14)12(15)16/h5-8,11H,4H2,1-3H3,(H,15,16).